The molecule has 96 valence electrons. The van der Waals surface area contributed by atoms with Gasteiger partial charge in [0.25, 0.3) is 0 Å². The monoisotopic (exact) mass is 329 g/mol. The number of furan rings is 1. The smallest absolute Gasteiger partial charge is 0.148 e. The van der Waals surface area contributed by atoms with Gasteiger partial charge in [0.1, 0.15) is 28.8 Å². The Morgan fingerprint density at radius 3 is 2.72 bits per heavy atom. The summed E-state index contributed by atoms with van der Waals surface area (Å²) in [4.78, 5) is 8.05. The number of hydrogen-bond acceptors (Lipinski definition) is 4. The van der Waals surface area contributed by atoms with Crippen LogP contribution in [0.5, 0.6) is 0 Å². The van der Waals surface area contributed by atoms with Crippen LogP contribution in [0.2, 0.25) is 5.15 Å². The van der Waals surface area contributed by atoms with Gasteiger partial charge in [0, 0.05) is 5.56 Å². The van der Waals surface area contributed by atoms with Crippen LogP contribution in [0.15, 0.2) is 21.3 Å². The quantitative estimate of drug-likeness (QED) is 0.854. The third-order valence-corrected chi connectivity index (χ3v) is 3.91. The van der Waals surface area contributed by atoms with Gasteiger partial charge < -0.3 is 9.73 Å². The van der Waals surface area contributed by atoms with E-state index in [1.165, 1.54) is 6.33 Å². The van der Waals surface area contributed by atoms with Crippen LogP contribution in [-0.2, 0) is 0 Å². The maximum Gasteiger partial charge on any atom is 0.148 e. The standard InChI is InChI=1S/C12H13BrClN3O/c1-6-4-9(8(3)18-6)7(2)17-12-10(13)11(14)15-5-16-12/h4-5,7H,1-3H3,(H,15,16,17). The molecule has 0 aromatic carbocycles. The van der Waals surface area contributed by atoms with E-state index in [4.69, 9.17) is 16.0 Å². The molecule has 18 heavy (non-hydrogen) atoms. The number of aromatic nitrogens is 2. The van der Waals surface area contributed by atoms with Crippen molar-refractivity contribution in [3.63, 3.8) is 0 Å². The Labute approximate surface area is 119 Å². The molecule has 1 unspecified atom stereocenters. The van der Waals surface area contributed by atoms with E-state index in [0.29, 0.717) is 15.4 Å². The zero-order chi connectivity index (χ0) is 13.3. The minimum Gasteiger partial charge on any atom is -0.466 e. The van der Waals surface area contributed by atoms with Crippen LogP contribution >= 0.6 is 27.5 Å². The Morgan fingerprint density at radius 1 is 1.39 bits per heavy atom. The summed E-state index contributed by atoms with van der Waals surface area (Å²) in [5.74, 6) is 2.47. The molecule has 0 radical (unpaired) electrons. The van der Waals surface area contributed by atoms with Gasteiger partial charge in [-0.3, -0.25) is 0 Å². The topological polar surface area (TPSA) is 51.0 Å². The number of nitrogens with one attached hydrogen (secondary N) is 1. The summed E-state index contributed by atoms with van der Waals surface area (Å²) in [6.45, 7) is 5.92. The molecular formula is C12H13BrClN3O. The Balaban J connectivity index is 2.24. The molecule has 0 amide bonds. The number of nitrogens with zero attached hydrogens (tertiary/aromatic N) is 2. The van der Waals surface area contributed by atoms with Crippen molar-refractivity contribution in [1.29, 1.82) is 0 Å². The number of hydrogen-bond donors (Lipinski definition) is 1. The van der Waals surface area contributed by atoms with Crippen LogP contribution < -0.4 is 5.32 Å². The third kappa shape index (κ3) is 2.67. The molecule has 2 aromatic heterocycles. The highest BCUT2D eigenvalue weighted by Crippen LogP contribution is 2.30. The SMILES string of the molecule is Cc1cc(C(C)Nc2ncnc(Cl)c2Br)c(C)o1. The van der Waals surface area contributed by atoms with Crippen LogP contribution in [0.4, 0.5) is 5.82 Å². The average molecular weight is 331 g/mol. The Kier molecular flexibility index (Phi) is 3.92. The van der Waals surface area contributed by atoms with Gasteiger partial charge in [0.2, 0.25) is 0 Å². The number of anilines is 1. The molecule has 2 aromatic rings. The van der Waals surface area contributed by atoms with Crippen molar-refractivity contribution in [2.24, 2.45) is 0 Å². The highest BCUT2D eigenvalue weighted by atomic mass is 79.9. The van der Waals surface area contributed by atoms with E-state index in [1.807, 2.05) is 26.8 Å². The molecule has 1 atom stereocenters. The Hall–Kier alpha value is -1.07. The molecule has 2 rings (SSSR count). The fourth-order valence-electron chi connectivity index (χ4n) is 1.81. The van der Waals surface area contributed by atoms with E-state index in [0.717, 1.165) is 17.1 Å². The number of rotatable bonds is 3. The number of halogens is 2. The van der Waals surface area contributed by atoms with E-state index in [1.54, 1.807) is 0 Å². The molecule has 0 saturated carbocycles. The summed E-state index contributed by atoms with van der Waals surface area (Å²) in [5, 5.41) is 3.67. The van der Waals surface area contributed by atoms with Crippen LogP contribution in [0.1, 0.15) is 30.0 Å². The molecule has 0 bridgehead atoms. The van der Waals surface area contributed by atoms with Gasteiger partial charge in [-0.2, -0.15) is 0 Å². The highest BCUT2D eigenvalue weighted by molar-refractivity contribution is 9.10. The van der Waals surface area contributed by atoms with E-state index in [-0.39, 0.29) is 6.04 Å². The van der Waals surface area contributed by atoms with Gasteiger partial charge in [0.05, 0.1) is 10.5 Å². The fraction of sp³-hybridized carbons (Fsp3) is 0.333. The van der Waals surface area contributed by atoms with Crippen molar-refractivity contribution < 1.29 is 4.42 Å². The first-order valence-electron chi connectivity index (χ1n) is 5.48. The maximum absolute atomic E-state index is 5.92. The zero-order valence-corrected chi connectivity index (χ0v) is 12.6. The van der Waals surface area contributed by atoms with Crippen molar-refractivity contribution in [3.8, 4) is 0 Å². The summed E-state index contributed by atoms with van der Waals surface area (Å²) >= 11 is 9.28. The molecule has 4 nitrogen and oxygen atoms in total. The van der Waals surface area contributed by atoms with Crippen LogP contribution in [0, 0.1) is 13.8 Å². The minimum atomic E-state index is 0.0738. The van der Waals surface area contributed by atoms with Crippen molar-refractivity contribution in [2.75, 3.05) is 5.32 Å². The van der Waals surface area contributed by atoms with E-state index < -0.39 is 0 Å². The van der Waals surface area contributed by atoms with Crippen LogP contribution in [0.3, 0.4) is 0 Å². The summed E-state index contributed by atoms with van der Waals surface area (Å²) in [5.41, 5.74) is 1.11. The Bertz CT molecular complexity index is 570. The van der Waals surface area contributed by atoms with Gasteiger partial charge in [0.15, 0.2) is 0 Å². The normalized spacial score (nSPS) is 12.5. The van der Waals surface area contributed by atoms with Gasteiger partial charge in [-0.25, -0.2) is 9.97 Å². The van der Waals surface area contributed by atoms with Crippen molar-refractivity contribution in [2.45, 2.75) is 26.8 Å². The highest BCUT2D eigenvalue weighted by Gasteiger charge is 2.15. The largest absolute Gasteiger partial charge is 0.466 e. The molecule has 0 aliphatic heterocycles. The van der Waals surface area contributed by atoms with E-state index in [9.17, 15) is 0 Å². The summed E-state index contributed by atoms with van der Waals surface area (Å²) in [6, 6.07) is 2.09. The predicted molar refractivity (Wildman–Crippen MR) is 75.0 cm³/mol. The molecule has 2 heterocycles. The lowest BCUT2D eigenvalue weighted by Gasteiger charge is -2.15. The van der Waals surface area contributed by atoms with Gasteiger partial charge in [-0.1, -0.05) is 11.6 Å². The van der Waals surface area contributed by atoms with Crippen LogP contribution in [0.25, 0.3) is 0 Å². The average Bonchev–Trinajstić information content (AvgIpc) is 2.64. The van der Waals surface area contributed by atoms with Crippen molar-refractivity contribution in [3.05, 3.63) is 39.1 Å². The molecule has 0 aliphatic rings. The zero-order valence-electron chi connectivity index (χ0n) is 10.3. The first-order valence-corrected chi connectivity index (χ1v) is 6.65. The number of aryl methyl sites for hydroxylation is 2. The molecule has 0 fully saturated rings. The van der Waals surface area contributed by atoms with E-state index in [2.05, 4.69) is 31.2 Å². The Morgan fingerprint density at radius 2 is 2.11 bits per heavy atom. The maximum atomic E-state index is 5.92. The predicted octanol–water partition coefficient (Wildman–Crippen LogP) is 4.28. The second kappa shape index (κ2) is 5.28. The lowest BCUT2D eigenvalue weighted by atomic mass is 10.1. The molecule has 6 heteroatoms. The summed E-state index contributed by atoms with van der Waals surface area (Å²) in [6.07, 6.45) is 1.43. The molecular weight excluding hydrogens is 318 g/mol. The third-order valence-electron chi connectivity index (χ3n) is 2.65. The summed E-state index contributed by atoms with van der Waals surface area (Å²) < 4.78 is 6.18. The summed E-state index contributed by atoms with van der Waals surface area (Å²) in [7, 11) is 0. The van der Waals surface area contributed by atoms with Crippen molar-refractivity contribution >= 4 is 33.3 Å². The van der Waals surface area contributed by atoms with Gasteiger partial charge >= 0.3 is 0 Å². The second-order valence-electron chi connectivity index (χ2n) is 4.06. The second-order valence-corrected chi connectivity index (χ2v) is 5.21. The molecule has 0 spiro atoms. The van der Waals surface area contributed by atoms with Gasteiger partial charge in [-0.15, -0.1) is 0 Å². The first-order chi connectivity index (χ1) is 8.49. The molecule has 1 N–H and O–H groups in total. The lowest BCUT2D eigenvalue weighted by Crippen LogP contribution is -2.09. The fourth-order valence-corrected chi connectivity index (χ4v) is 2.26. The molecule has 0 aliphatic carbocycles. The van der Waals surface area contributed by atoms with Crippen LogP contribution in [-0.4, -0.2) is 9.97 Å². The van der Waals surface area contributed by atoms with E-state index >= 15 is 0 Å². The minimum absolute atomic E-state index is 0.0738. The lowest BCUT2D eigenvalue weighted by molar-refractivity contribution is 0.499. The van der Waals surface area contributed by atoms with Gasteiger partial charge in [-0.05, 0) is 42.8 Å². The first kappa shape index (κ1) is 13.4. The van der Waals surface area contributed by atoms with Crippen molar-refractivity contribution in [1.82, 2.24) is 9.97 Å². The molecule has 0 saturated heterocycles.